The number of rotatable bonds is 4. The molecule has 18 heavy (non-hydrogen) atoms. The summed E-state index contributed by atoms with van der Waals surface area (Å²) in [5.74, 6) is 1.13. The van der Waals surface area contributed by atoms with Crippen LogP contribution in [0.25, 0.3) is 0 Å². The molecule has 1 aromatic heterocycles. The van der Waals surface area contributed by atoms with E-state index in [-0.39, 0.29) is 6.61 Å². The van der Waals surface area contributed by atoms with Gasteiger partial charge in [-0.3, -0.25) is 0 Å². The Morgan fingerprint density at radius 1 is 1.50 bits per heavy atom. The highest BCUT2D eigenvalue weighted by Crippen LogP contribution is 2.33. The van der Waals surface area contributed by atoms with Crippen LogP contribution in [0.2, 0.25) is 0 Å². The van der Waals surface area contributed by atoms with Crippen molar-refractivity contribution in [3.8, 4) is 0 Å². The zero-order valence-electron chi connectivity index (χ0n) is 10.6. The highest BCUT2D eigenvalue weighted by Gasteiger charge is 2.32. The number of ether oxygens (including phenoxy) is 1. The molecule has 3 heterocycles. The molecule has 5 nitrogen and oxygen atoms in total. The van der Waals surface area contributed by atoms with Gasteiger partial charge in [-0.25, -0.2) is 4.68 Å². The molecule has 0 radical (unpaired) electrons. The molecule has 2 aliphatic heterocycles. The first-order valence-electron chi connectivity index (χ1n) is 6.93. The average Bonchev–Trinajstić information content (AvgIpc) is 3.05. The van der Waals surface area contributed by atoms with E-state index in [1.807, 2.05) is 6.20 Å². The third-order valence-corrected chi connectivity index (χ3v) is 3.92. The second kappa shape index (κ2) is 5.28. The number of aryl methyl sites for hydroxylation is 1. The van der Waals surface area contributed by atoms with E-state index in [4.69, 9.17) is 9.84 Å². The Hall–Kier alpha value is -1.07. The number of nitrogens with one attached hydrogen (secondary N) is 1. The monoisotopic (exact) mass is 251 g/mol. The minimum atomic E-state index is 0.236. The molecule has 3 rings (SSSR count). The lowest BCUT2D eigenvalue weighted by molar-refractivity contribution is 0.0591. The molecule has 0 saturated carbocycles. The standard InChI is InChI=1S/C13H21N3O2/c17-7-1-3-10-9-15-16-11(5-6-14-13(10)16)12-4-2-8-18-12/h9,11-12,14,17H,1-8H2. The molecule has 0 aromatic carbocycles. The summed E-state index contributed by atoms with van der Waals surface area (Å²) >= 11 is 0. The Balaban J connectivity index is 1.80. The van der Waals surface area contributed by atoms with Crippen LogP contribution >= 0.6 is 0 Å². The lowest BCUT2D eigenvalue weighted by atomic mass is 10.0. The molecule has 2 atom stereocenters. The molecule has 0 bridgehead atoms. The van der Waals surface area contributed by atoms with E-state index in [2.05, 4.69) is 15.1 Å². The van der Waals surface area contributed by atoms with Crippen LogP contribution in [-0.4, -0.2) is 40.7 Å². The molecule has 100 valence electrons. The quantitative estimate of drug-likeness (QED) is 0.848. The van der Waals surface area contributed by atoms with Gasteiger partial charge in [0.2, 0.25) is 0 Å². The SMILES string of the molecule is OCCCc1cnn2c1NCCC2C1CCCO1. The van der Waals surface area contributed by atoms with Gasteiger partial charge in [-0.2, -0.15) is 5.10 Å². The van der Waals surface area contributed by atoms with Crippen LogP contribution in [0.5, 0.6) is 0 Å². The maximum Gasteiger partial charge on any atom is 0.127 e. The number of nitrogens with zero attached hydrogens (tertiary/aromatic N) is 2. The zero-order valence-corrected chi connectivity index (χ0v) is 10.6. The van der Waals surface area contributed by atoms with E-state index in [0.29, 0.717) is 12.1 Å². The zero-order chi connectivity index (χ0) is 12.4. The second-order valence-corrected chi connectivity index (χ2v) is 5.12. The van der Waals surface area contributed by atoms with E-state index in [9.17, 15) is 0 Å². The summed E-state index contributed by atoms with van der Waals surface area (Å²) < 4.78 is 7.91. The maximum atomic E-state index is 8.93. The average molecular weight is 251 g/mol. The van der Waals surface area contributed by atoms with Crippen molar-refractivity contribution in [2.24, 2.45) is 0 Å². The lowest BCUT2D eigenvalue weighted by Gasteiger charge is -2.30. The fraction of sp³-hybridized carbons (Fsp3) is 0.769. The fourth-order valence-corrected chi connectivity index (χ4v) is 3.01. The van der Waals surface area contributed by atoms with Crippen LogP contribution in [0.3, 0.4) is 0 Å². The molecular formula is C13H21N3O2. The summed E-state index contributed by atoms with van der Waals surface area (Å²) in [6.45, 7) is 2.12. The predicted octanol–water partition coefficient (Wildman–Crippen LogP) is 1.34. The van der Waals surface area contributed by atoms with Crippen molar-refractivity contribution in [2.75, 3.05) is 25.1 Å². The van der Waals surface area contributed by atoms with Gasteiger partial charge >= 0.3 is 0 Å². The third kappa shape index (κ3) is 2.12. The lowest BCUT2D eigenvalue weighted by Crippen LogP contribution is -2.32. The molecule has 1 fully saturated rings. The van der Waals surface area contributed by atoms with E-state index in [1.165, 1.54) is 12.0 Å². The van der Waals surface area contributed by atoms with Gasteiger partial charge in [0.25, 0.3) is 0 Å². The van der Waals surface area contributed by atoms with E-state index >= 15 is 0 Å². The molecule has 0 spiro atoms. The van der Waals surface area contributed by atoms with Crippen molar-refractivity contribution in [2.45, 2.75) is 44.2 Å². The number of aromatic nitrogens is 2. The molecular weight excluding hydrogens is 230 g/mol. The molecule has 2 N–H and O–H groups in total. The van der Waals surface area contributed by atoms with Crippen molar-refractivity contribution in [3.05, 3.63) is 11.8 Å². The van der Waals surface area contributed by atoms with Crippen LogP contribution in [0.15, 0.2) is 6.20 Å². The van der Waals surface area contributed by atoms with Crippen molar-refractivity contribution in [1.82, 2.24) is 9.78 Å². The highest BCUT2D eigenvalue weighted by molar-refractivity contribution is 5.46. The van der Waals surface area contributed by atoms with Gasteiger partial charge in [-0.05, 0) is 32.1 Å². The number of aliphatic hydroxyl groups excluding tert-OH is 1. The third-order valence-electron chi connectivity index (χ3n) is 3.92. The van der Waals surface area contributed by atoms with Crippen molar-refractivity contribution in [1.29, 1.82) is 0 Å². The normalized spacial score (nSPS) is 26.9. The Morgan fingerprint density at radius 2 is 2.44 bits per heavy atom. The van der Waals surface area contributed by atoms with Crippen molar-refractivity contribution < 1.29 is 9.84 Å². The Labute approximate surface area is 107 Å². The first-order chi connectivity index (χ1) is 8.90. The predicted molar refractivity (Wildman–Crippen MR) is 68.8 cm³/mol. The second-order valence-electron chi connectivity index (χ2n) is 5.12. The topological polar surface area (TPSA) is 59.3 Å². The molecule has 0 amide bonds. The first kappa shape index (κ1) is 12.0. The largest absolute Gasteiger partial charge is 0.396 e. The van der Waals surface area contributed by atoms with Gasteiger partial charge < -0.3 is 15.2 Å². The maximum absolute atomic E-state index is 8.93. The summed E-state index contributed by atoms with van der Waals surface area (Å²) in [5.41, 5.74) is 1.21. The Kier molecular flexibility index (Phi) is 3.52. The van der Waals surface area contributed by atoms with Crippen LogP contribution in [0, 0.1) is 0 Å². The van der Waals surface area contributed by atoms with E-state index in [1.54, 1.807) is 0 Å². The molecule has 2 unspecified atom stereocenters. The number of anilines is 1. The van der Waals surface area contributed by atoms with Gasteiger partial charge in [0.05, 0.1) is 18.3 Å². The van der Waals surface area contributed by atoms with Gasteiger partial charge in [0, 0.05) is 25.3 Å². The summed E-state index contributed by atoms with van der Waals surface area (Å²) in [4.78, 5) is 0. The summed E-state index contributed by atoms with van der Waals surface area (Å²) in [6.07, 6.45) is 7.35. The number of hydrogen-bond donors (Lipinski definition) is 2. The highest BCUT2D eigenvalue weighted by atomic mass is 16.5. The summed E-state index contributed by atoms with van der Waals surface area (Å²) in [7, 11) is 0. The van der Waals surface area contributed by atoms with Gasteiger partial charge in [0.1, 0.15) is 5.82 Å². The summed E-state index contributed by atoms with van der Waals surface area (Å²) in [5, 5.41) is 16.9. The fourth-order valence-electron chi connectivity index (χ4n) is 3.01. The van der Waals surface area contributed by atoms with Crippen molar-refractivity contribution in [3.63, 3.8) is 0 Å². The van der Waals surface area contributed by atoms with Crippen LogP contribution in [0.4, 0.5) is 5.82 Å². The van der Waals surface area contributed by atoms with E-state index < -0.39 is 0 Å². The molecule has 1 aromatic rings. The Bertz CT molecular complexity index is 399. The minimum absolute atomic E-state index is 0.236. The van der Waals surface area contributed by atoms with Crippen LogP contribution < -0.4 is 5.32 Å². The Morgan fingerprint density at radius 3 is 3.22 bits per heavy atom. The number of fused-ring (bicyclic) bond motifs is 1. The molecule has 0 aliphatic carbocycles. The van der Waals surface area contributed by atoms with Crippen LogP contribution in [0.1, 0.15) is 37.3 Å². The first-order valence-corrected chi connectivity index (χ1v) is 6.93. The van der Waals surface area contributed by atoms with E-state index in [0.717, 1.165) is 44.7 Å². The smallest absolute Gasteiger partial charge is 0.127 e. The molecule has 2 aliphatic rings. The van der Waals surface area contributed by atoms with Crippen molar-refractivity contribution >= 4 is 5.82 Å². The van der Waals surface area contributed by atoms with Gasteiger partial charge in [0.15, 0.2) is 0 Å². The summed E-state index contributed by atoms with van der Waals surface area (Å²) in [6, 6.07) is 0.381. The number of aliphatic hydroxyl groups is 1. The molecule has 1 saturated heterocycles. The minimum Gasteiger partial charge on any atom is -0.396 e. The van der Waals surface area contributed by atoms with Crippen LogP contribution in [-0.2, 0) is 11.2 Å². The number of hydrogen-bond acceptors (Lipinski definition) is 4. The molecule has 5 heteroatoms. The van der Waals surface area contributed by atoms with Gasteiger partial charge in [-0.1, -0.05) is 0 Å². The van der Waals surface area contributed by atoms with Gasteiger partial charge in [-0.15, -0.1) is 0 Å².